The molecule has 1 aromatic carbocycles. The van der Waals surface area contributed by atoms with Crippen molar-refractivity contribution in [3.63, 3.8) is 0 Å². The zero-order chi connectivity index (χ0) is 10.7. The number of aryl methyl sites for hydroxylation is 1. The van der Waals surface area contributed by atoms with E-state index < -0.39 is 0 Å². The summed E-state index contributed by atoms with van der Waals surface area (Å²) in [4.78, 5) is 0. The second-order valence-corrected chi connectivity index (χ2v) is 4.22. The predicted molar refractivity (Wildman–Crippen MR) is 63.8 cm³/mol. The highest BCUT2D eigenvalue weighted by Crippen LogP contribution is 2.31. The molecule has 2 rings (SSSR count). The van der Waals surface area contributed by atoms with Gasteiger partial charge in [0.2, 0.25) is 0 Å². The highest BCUT2D eigenvalue weighted by Gasteiger charge is 2.24. The van der Waals surface area contributed by atoms with Gasteiger partial charge in [0.05, 0.1) is 6.54 Å². The van der Waals surface area contributed by atoms with Gasteiger partial charge in [-0.15, -0.1) is 6.42 Å². The first-order valence-corrected chi connectivity index (χ1v) is 5.57. The van der Waals surface area contributed by atoms with E-state index in [2.05, 4.69) is 42.4 Å². The topological polar surface area (TPSA) is 12.0 Å². The van der Waals surface area contributed by atoms with Crippen molar-refractivity contribution in [1.29, 1.82) is 0 Å². The third-order valence-electron chi connectivity index (χ3n) is 3.34. The number of benzene rings is 1. The average Bonchev–Trinajstić information content (AvgIpc) is 2.29. The molecule has 0 saturated carbocycles. The fourth-order valence-electron chi connectivity index (χ4n) is 2.45. The molecule has 0 heterocycles. The first kappa shape index (κ1) is 10.3. The third-order valence-corrected chi connectivity index (χ3v) is 3.34. The van der Waals surface area contributed by atoms with E-state index in [0.29, 0.717) is 18.5 Å². The predicted octanol–water partition coefficient (Wildman–Crippen LogP) is 2.33. The molecule has 1 aliphatic rings. The highest BCUT2D eigenvalue weighted by molar-refractivity contribution is 5.33. The Morgan fingerprint density at radius 2 is 2.27 bits per heavy atom. The minimum atomic E-state index is 0.538. The lowest BCUT2D eigenvalue weighted by Crippen LogP contribution is -2.37. The Kier molecular flexibility index (Phi) is 3.08. The number of fused-ring (bicyclic) bond motifs is 1. The van der Waals surface area contributed by atoms with Crippen molar-refractivity contribution in [1.82, 2.24) is 5.32 Å². The maximum absolute atomic E-state index is 5.27. The summed E-state index contributed by atoms with van der Waals surface area (Å²) in [7, 11) is 0. The minimum Gasteiger partial charge on any atom is -0.303 e. The first-order chi connectivity index (χ1) is 7.33. The zero-order valence-corrected chi connectivity index (χ0v) is 9.16. The molecule has 1 aliphatic carbocycles. The Labute approximate surface area is 91.9 Å². The Hall–Kier alpha value is -1.26. The van der Waals surface area contributed by atoms with Gasteiger partial charge in [0.1, 0.15) is 0 Å². The second kappa shape index (κ2) is 4.51. The summed E-state index contributed by atoms with van der Waals surface area (Å²) < 4.78 is 0. The van der Waals surface area contributed by atoms with Crippen LogP contribution in [-0.4, -0.2) is 12.6 Å². The van der Waals surface area contributed by atoms with E-state index in [9.17, 15) is 0 Å². The first-order valence-electron chi connectivity index (χ1n) is 5.57. The quantitative estimate of drug-likeness (QED) is 0.721. The van der Waals surface area contributed by atoms with Crippen molar-refractivity contribution in [3.05, 3.63) is 35.4 Å². The molecule has 0 bridgehead atoms. The monoisotopic (exact) mass is 199 g/mol. The van der Waals surface area contributed by atoms with Gasteiger partial charge in [0, 0.05) is 6.04 Å². The molecule has 0 aliphatic heterocycles. The van der Waals surface area contributed by atoms with Crippen LogP contribution in [-0.2, 0) is 6.42 Å². The molecule has 78 valence electrons. The molecule has 0 saturated heterocycles. The number of nitrogens with one attached hydrogen (secondary N) is 1. The highest BCUT2D eigenvalue weighted by atomic mass is 14.9. The molecule has 15 heavy (non-hydrogen) atoms. The van der Waals surface area contributed by atoms with Gasteiger partial charge in [-0.25, -0.2) is 0 Å². The smallest absolute Gasteiger partial charge is 0.0576 e. The van der Waals surface area contributed by atoms with Crippen LogP contribution in [0.2, 0.25) is 0 Å². The van der Waals surface area contributed by atoms with E-state index in [1.54, 1.807) is 0 Å². The van der Waals surface area contributed by atoms with Crippen LogP contribution in [0, 0.1) is 12.3 Å². The fraction of sp³-hybridized carbons (Fsp3) is 0.429. The van der Waals surface area contributed by atoms with E-state index >= 15 is 0 Å². The van der Waals surface area contributed by atoms with Gasteiger partial charge in [-0.1, -0.05) is 37.1 Å². The molecule has 1 heteroatoms. The molecule has 0 spiro atoms. The molecule has 1 nitrogen and oxygen atoms in total. The summed E-state index contributed by atoms with van der Waals surface area (Å²) in [6, 6.07) is 9.27. The van der Waals surface area contributed by atoms with E-state index in [-0.39, 0.29) is 0 Å². The summed E-state index contributed by atoms with van der Waals surface area (Å²) in [5.41, 5.74) is 2.99. The van der Waals surface area contributed by atoms with Crippen LogP contribution in [0.1, 0.15) is 30.4 Å². The van der Waals surface area contributed by atoms with Crippen molar-refractivity contribution >= 4 is 0 Å². The average molecular weight is 199 g/mol. The van der Waals surface area contributed by atoms with Crippen LogP contribution in [0.3, 0.4) is 0 Å². The SMILES string of the molecule is C#CCNC1CCc2ccccc2C1C. The molecule has 2 atom stereocenters. The van der Waals surface area contributed by atoms with Crippen LogP contribution in [0.5, 0.6) is 0 Å². The van der Waals surface area contributed by atoms with Crippen LogP contribution < -0.4 is 5.32 Å². The van der Waals surface area contributed by atoms with Gasteiger partial charge in [0.15, 0.2) is 0 Å². The Bertz CT molecular complexity index is 375. The van der Waals surface area contributed by atoms with E-state index in [0.717, 1.165) is 0 Å². The number of hydrogen-bond donors (Lipinski definition) is 1. The Morgan fingerprint density at radius 3 is 3.07 bits per heavy atom. The molecular weight excluding hydrogens is 182 g/mol. The normalized spacial score (nSPS) is 24.3. The summed E-state index contributed by atoms with van der Waals surface area (Å²) in [5.74, 6) is 3.22. The minimum absolute atomic E-state index is 0.538. The summed E-state index contributed by atoms with van der Waals surface area (Å²) in [5, 5.41) is 3.43. The van der Waals surface area contributed by atoms with E-state index in [1.165, 1.54) is 24.0 Å². The van der Waals surface area contributed by atoms with Crippen molar-refractivity contribution in [2.24, 2.45) is 0 Å². The Balaban J connectivity index is 2.15. The molecule has 0 amide bonds. The van der Waals surface area contributed by atoms with E-state index in [4.69, 9.17) is 6.42 Å². The lowest BCUT2D eigenvalue weighted by Gasteiger charge is -2.31. The summed E-state index contributed by atoms with van der Waals surface area (Å²) in [6.45, 7) is 2.96. The van der Waals surface area contributed by atoms with Gasteiger partial charge >= 0.3 is 0 Å². The fourth-order valence-corrected chi connectivity index (χ4v) is 2.45. The van der Waals surface area contributed by atoms with Gasteiger partial charge in [-0.05, 0) is 29.9 Å². The zero-order valence-electron chi connectivity index (χ0n) is 9.16. The lowest BCUT2D eigenvalue weighted by atomic mass is 9.80. The lowest BCUT2D eigenvalue weighted by molar-refractivity contribution is 0.421. The maximum Gasteiger partial charge on any atom is 0.0576 e. The van der Waals surface area contributed by atoms with E-state index in [1.807, 2.05) is 0 Å². The Morgan fingerprint density at radius 1 is 1.47 bits per heavy atom. The van der Waals surface area contributed by atoms with Crippen LogP contribution in [0.25, 0.3) is 0 Å². The van der Waals surface area contributed by atoms with Crippen molar-refractivity contribution < 1.29 is 0 Å². The molecule has 2 unspecified atom stereocenters. The van der Waals surface area contributed by atoms with Crippen molar-refractivity contribution in [2.75, 3.05) is 6.54 Å². The molecule has 0 fully saturated rings. The third kappa shape index (κ3) is 2.06. The number of rotatable bonds is 2. The molecule has 0 radical (unpaired) electrons. The molecule has 1 N–H and O–H groups in total. The summed E-state index contributed by atoms with van der Waals surface area (Å²) >= 11 is 0. The van der Waals surface area contributed by atoms with Crippen molar-refractivity contribution in [3.8, 4) is 12.3 Å². The number of terminal acetylenes is 1. The molecule has 1 aromatic rings. The standard InChI is InChI=1S/C14H17N/c1-3-10-15-14-9-8-12-6-4-5-7-13(12)11(14)2/h1,4-7,11,14-15H,8-10H2,2H3. The van der Waals surface area contributed by atoms with Crippen LogP contribution in [0.15, 0.2) is 24.3 Å². The largest absolute Gasteiger partial charge is 0.303 e. The molecular formula is C14H17N. The van der Waals surface area contributed by atoms with Crippen molar-refractivity contribution in [2.45, 2.75) is 31.7 Å². The van der Waals surface area contributed by atoms with Gasteiger partial charge < -0.3 is 5.32 Å². The summed E-state index contributed by atoms with van der Waals surface area (Å²) in [6.07, 6.45) is 7.64. The van der Waals surface area contributed by atoms with Gasteiger partial charge in [-0.2, -0.15) is 0 Å². The van der Waals surface area contributed by atoms with Gasteiger partial charge in [0.25, 0.3) is 0 Å². The van der Waals surface area contributed by atoms with Crippen LogP contribution in [0.4, 0.5) is 0 Å². The number of hydrogen-bond acceptors (Lipinski definition) is 1. The second-order valence-electron chi connectivity index (χ2n) is 4.22. The maximum atomic E-state index is 5.27. The van der Waals surface area contributed by atoms with Crippen LogP contribution >= 0.6 is 0 Å². The van der Waals surface area contributed by atoms with Gasteiger partial charge in [-0.3, -0.25) is 0 Å². The molecule has 0 aromatic heterocycles.